The number of hydrogen-bond donors (Lipinski definition) is 2. The van der Waals surface area contributed by atoms with Crippen LogP contribution in [-0.4, -0.2) is 46.5 Å². The van der Waals surface area contributed by atoms with E-state index in [2.05, 4.69) is 18.7 Å². The largest absolute Gasteiger partial charge is 0.393 e. The van der Waals surface area contributed by atoms with Crippen molar-refractivity contribution in [2.75, 3.05) is 19.7 Å². The molecule has 1 rings (SSSR count). The highest BCUT2D eigenvalue weighted by atomic mass is 16.3. The van der Waals surface area contributed by atoms with E-state index in [-0.39, 0.29) is 6.61 Å². The SMILES string of the molecule is CCC(C)N1CCC(O)(CO)C1. The van der Waals surface area contributed by atoms with Crippen LogP contribution in [0, 0.1) is 0 Å². The summed E-state index contributed by atoms with van der Waals surface area (Å²) in [7, 11) is 0. The molecule has 0 spiro atoms. The van der Waals surface area contributed by atoms with Crippen LogP contribution in [0.25, 0.3) is 0 Å². The third kappa shape index (κ3) is 1.97. The molecule has 0 radical (unpaired) electrons. The summed E-state index contributed by atoms with van der Waals surface area (Å²) in [6, 6.07) is 0.519. The molecule has 1 fully saturated rings. The molecule has 0 bridgehead atoms. The minimum atomic E-state index is -0.830. The van der Waals surface area contributed by atoms with Crippen molar-refractivity contribution in [1.29, 1.82) is 0 Å². The number of hydrogen-bond acceptors (Lipinski definition) is 3. The van der Waals surface area contributed by atoms with Gasteiger partial charge in [0.15, 0.2) is 0 Å². The smallest absolute Gasteiger partial charge is 0.102 e. The van der Waals surface area contributed by atoms with E-state index in [0.29, 0.717) is 19.0 Å². The summed E-state index contributed by atoms with van der Waals surface area (Å²) in [6.07, 6.45) is 1.80. The van der Waals surface area contributed by atoms with Gasteiger partial charge in [-0.25, -0.2) is 0 Å². The number of β-amino-alcohol motifs (C(OH)–C–C–N with tert-alkyl or cyclic N) is 1. The lowest BCUT2D eigenvalue weighted by molar-refractivity contribution is -0.00803. The highest BCUT2D eigenvalue weighted by molar-refractivity contribution is 4.90. The van der Waals surface area contributed by atoms with E-state index in [0.717, 1.165) is 13.0 Å². The van der Waals surface area contributed by atoms with Gasteiger partial charge in [0.05, 0.1) is 6.61 Å². The quantitative estimate of drug-likeness (QED) is 0.641. The van der Waals surface area contributed by atoms with Crippen molar-refractivity contribution < 1.29 is 10.2 Å². The molecule has 1 aliphatic heterocycles. The molecule has 3 nitrogen and oxygen atoms in total. The van der Waals surface area contributed by atoms with Crippen LogP contribution in [0.1, 0.15) is 26.7 Å². The van der Waals surface area contributed by atoms with Gasteiger partial charge in [-0.3, -0.25) is 4.90 Å². The normalized spacial score (nSPS) is 34.0. The Balaban J connectivity index is 2.45. The summed E-state index contributed by atoms with van der Waals surface area (Å²) in [5.41, 5.74) is -0.830. The van der Waals surface area contributed by atoms with Gasteiger partial charge < -0.3 is 10.2 Å². The molecule has 2 unspecified atom stereocenters. The Morgan fingerprint density at radius 2 is 2.25 bits per heavy atom. The molecule has 0 aromatic rings. The Bertz CT molecular complexity index is 151. The molecule has 12 heavy (non-hydrogen) atoms. The molecular weight excluding hydrogens is 154 g/mol. The van der Waals surface area contributed by atoms with E-state index < -0.39 is 5.60 Å². The van der Waals surface area contributed by atoms with Gasteiger partial charge in [-0.05, 0) is 19.8 Å². The van der Waals surface area contributed by atoms with Crippen LogP contribution < -0.4 is 0 Å². The van der Waals surface area contributed by atoms with E-state index in [1.165, 1.54) is 0 Å². The van der Waals surface area contributed by atoms with Crippen molar-refractivity contribution in [2.24, 2.45) is 0 Å². The van der Waals surface area contributed by atoms with Crippen LogP contribution in [0.4, 0.5) is 0 Å². The first-order valence-electron chi connectivity index (χ1n) is 4.68. The molecule has 1 saturated heterocycles. The maximum atomic E-state index is 9.72. The fraction of sp³-hybridized carbons (Fsp3) is 1.00. The monoisotopic (exact) mass is 173 g/mol. The van der Waals surface area contributed by atoms with Crippen molar-refractivity contribution in [3.63, 3.8) is 0 Å². The number of rotatable bonds is 3. The molecule has 0 aromatic heterocycles. The average molecular weight is 173 g/mol. The zero-order valence-corrected chi connectivity index (χ0v) is 7.95. The van der Waals surface area contributed by atoms with Crippen LogP contribution in [0.15, 0.2) is 0 Å². The summed E-state index contributed by atoms with van der Waals surface area (Å²) in [6.45, 7) is 5.72. The molecule has 0 aromatic carbocycles. The van der Waals surface area contributed by atoms with E-state index in [9.17, 15) is 5.11 Å². The molecule has 2 N–H and O–H groups in total. The van der Waals surface area contributed by atoms with E-state index in [1.54, 1.807) is 0 Å². The fourth-order valence-corrected chi connectivity index (χ4v) is 1.65. The van der Waals surface area contributed by atoms with E-state index in [4.69, 9.17) is 5.11 Å². The standard InChI is InChI=1S/C9H19NO2/c1-3-8(2)10-5-4-9(12,6-10)7-11/h8,11-12H,3-7H2,1-2H3. The first-order valence-corrected chi connectivity index (χ1v) is 4.68. The molecule has 0 saturated carbocycles. The van der Waals surface area contributed by atoms with Gasteiger partial charge in [0, 0.05) is 19.1 Å². The highest BCUT2D eigenvalue weighted by Crippen LogP contribution is 2.23. The Morgan fingerprint density at radius 1 is 1.58 bits per heavy atom. The van der Waals surface area contributed by atoms with Gasteiger partial charge >= 0.3 is 0 Å². The minimum absolute atomic E-state index is 0.111. The predicted octanol–water partition coefficient (Wildman–Crippen LogP) is 0.214. The van der Waals surface area contributed by atoms with Gasteiger partial charge in [-0.15, -0.1) is 0 Å². The van der Waals surface area contributed by atoms with Crippen LogP contribution in [0.5, 0.6) is 0 Å². The number of aliphatic hydroxyl groups excluding tert-OH is 1. The van der Waals surface area contributed by atoms with Gasteiger partial charge in [0.25, 0.3) is 0 Å². The first kappa shape index (κ1) is 9.96. The zero-order chi connectivity index (χ0) is 9.19. The topological polar surface area (TPSA) is 43.7 Å². The zero-order valence-electron chi connectivity index (χ0n) is 7.95. The molecule has 1 heterocycles. The second-order valence-corrected chi connectivity index (χ2v) is 3.86. The van der Waals surface area contributed by atoms with Gasteiger partial charge in [0.2, 0.25) is 0 Å². The summed E-state index contributed by atoms with van der Waals surface area (Å²) < 4.78 is 0. The maximum absolute atomic E-state index is 9.72. The molecule has 3 heteroatoms. The average Bonchev–Trinajstić information content (AvgIpc) is 2.48. The summed E-state index contributed by atoms with van der Waals surface area (Å²) >= 11 is 0. The Morgan fingerprint density at radius 3 is 2.67 bits per heavy atom. The number of nitrogens with zero attached hydrogens (tertiary/aromatic N) is 1. The van der Waals surface area contributed by atoms with E-state index >= 15 is 0 Å². The molecule has 2 atom stereocenters. The fourth-order valence-electron chi connectivity index (χ4n) is 1.65. The maximum Gasteiger partial charge on any atom is 0.102 e. The summed E-state index contributed by atoms with van der Waals surface area (Å²) in [5, 5.41) is 18.6. The highest BCUT2D eigenvalue weighted by Gasteiger charge is 2.36. The second kappa shape index (κ2) is 3.73. The van der Waals surface area contributed by atoms with Gasteiger partial charge in [0.1, 0.15) is 5.60 Å². The second-order valence-electron chi connectivity index (χ2n) is 3.86. The van der Waals surface area contributed by atoms with Crippen LogP contribution in [-0.2, 0) is 0 Å². The Labute approximate surface area is 74.0 Å². The van der Waals surface area contributed by atoms with Crippen molar-refractivity contribution in [1.82, 2.24) is 4.90 Å². The molecule has 72 valence electrons. The lowest BCUT2D eigenvalue weighted by Gasteiger charge is -2.25. The molecule has 0 amide bonds. The lowest BCUT2D eigenvalue weighted by Crippen LogP contribution is -2.39. The van der Waals surface area contributed by atoms with Crippen molar-refractivity contribution in [2.45, 2.75) is 38.3 Å². The van der Waals surface area contributed by atoms with Gasteiger partial charge in [-0.1, -0.05) is 6.92 Å². The number of likely N-dealkylation sites (tertiary alicyclic amines) is 1. The van der Waals surface area contributed by atoms with Crippen molar-refractivity contribution in [3.8, 4) is 0 Å². The molecular formula is C9H19NO2. The summed E-state index contributed by atoms with van der Waals surface area (Å²) in [5.74, 6) is 0. The number of aliphatic hydroxyl groups is 2. The van der Waals surface area contributed by atoms with Crippen LogP contribution in [0.2, 0.25) is 0 Å². The third-order valence-electron chi connectivity index (χ3n) is 2.87. The Kier molecular flexibility index (Phi) is 3.09. The van der Waals surface area contributed by atoms with E-state index in [1.807, 2.05) is 0 Å². The van der Waals surface area contributed by atoms with Crippen LogP contribution in [0.3, 0.4) is 0 Å². The molecule has 0 aliphatic carbocycles. The lowest BCUT2D eigenvalue weighted by atomic mass is 10.1. The third-order valence-corrected chi connectivity index (χ3v) is 2.87. The first-order chi connectivity index (χ1) is 5.61. The molecule has 1 aliphatic rings. The summed E-state index contributed by atoms with van der Waals surface area (Å²) in [4.78, 5) is 2.23. The van der Waals surface area contributed by atoms with Gasteiger partial charge in [-0.2, -0.15) is 0 Å². The van der Waals surface area contributed by atoms with Crippen molar-refractivity contribution >= 4 is 0 Å². The predicted molar refractivity (Wildman–Crippen MR) is 48.0 cm³/mol. The Hall–Kier alpha value is -0.120. The minimum Gasteiger partial charge on any atom is -0.393 e. The van der Waals surface area contributed by atoms with Crippen molar-refractivity contribution in [3.05, 3.63) is 0 Å². The van der Waals surface area contributed by atoms with Crippen LogP contribution >= 0.6 is 0 Å².